The second kappa shape index (κ2) is 5.56. The van der Waals surface area contributed by atoms with E-state index in [0.717, 1.165) is 19.4 Å². The van der Waals surface area contributed by atoms with Crippen LogP contribution in [-0.2, 0) is 6.54 Å². The van der Waals surface area contributed by atoms with Gasteiger partial charge in [-0.25, -0.2) is 4.98 Å². The molecule has 2 saturated heterocycles. The summed E-state index contributed by atoms with van der Waals surface area (Å²) in [6.07, 6.45) is 8.34. The quantitative estimate of drug-likeness (QED) is 0.902. The van der Waals surface area contributed by atoms with Gasteiger partial charge < -0.3 is 14.8 Å². The Balaban J connectivity index is 1.88. The Morgan fingerprint density at radius 1 is 1.35 bits per heavy atom. The van der Waals surface area contributed by atoms with Crippen LogP contribution in [-0.4, -0.2) is 34.2 Å². The molecule has 0 radical (unpaired) electrons. The van der Waals surface area contributed by atoms with Crippen molar-refractivity contribution in [3.05, 3.63) is 22.7 Å². The number of anilines is 1. The number of piperidine rings is 1. The lowest BCUT2D eigenvalue weighted by atomic mass is 9.98. The number of hydrogen-bond acceptors (Lipinski definition) is 4. The number of aryl methyl sites for hydroxylation is 1. The summed E-state index contributed by atoms with van der Waals surface area (Å²) < 4.78 is 1.74. The van der Waals surface area contributed by atoms with Gasteiger partial charge in [-0.1, -0.05) is 0 Å². The number of aromatic nitrogens is 2. The van der Waals surface area contributed by atoms with Crippen LogP contribution in [0.1, 0.15) is 39.5 Å². The van der Waals surface area contributed by atoms with Crippen LogP contribution in [0.2, 0.25) is 0 Å². The van der Waals surface area contributed by atoms with Gasteiger partial charge in [0.15, 0.2) is 5.82 Å². The van der Waals surface area contributed by atoms with Crippen LogP contribution in [0.5, 0.6) is 0 Å². The monoisotopic (exact) mass is 276 g/mol. The molecule has 5 heteroatoms. The van der Waals surface area contributed by atoms with Crippen LogP contribution in [0.15, 0.2) is 17.2 Å². The molecule has 2 fully saturated rings. The molecular weight excluding hydrogens is 252 g/mol. The van der Waals surface area contributed by atoms with Crippen molar-refractivity contribution in [2.75, 3.05) is 11.4 Å². The SMILES string of the molecule is CCN(c1nccn(CC)c1=O)C1CC2CCC(C1)N2. The van der Waals surface area contributed by atoms with E-state index in [-0.39, 0.29) is 5.56 Å². The minimum Gasteiger partial charge on any atom is -0.349 e. The summed E-state index contributed by atoms with van der Waals surface area (Å²) >= 11 is 0. The van der Waals surface area contributed by atoms with Gasteiger partial charge >= 0.3 is 0 Å². The molecule has 5 nitrogen and oxygen atoms in total. The Morgan fingerprint density at radius 2 is 2.05 bits per heavy atom. The Hall–Kier alpha value is -1.36. The fraction of sp³-hybridized carbons (Fsp3) is 0.733. The molecule has 0 saturated carbocycles. The molecule has 3 heterocycles. The van der Waals surface area contributed by atoms with Crippen molar-refractivity contribution in [3.63, 3.8) is 0 Å². The molecule has 1 N–H and O–H groups in total. The standard InChI is InChI=1S/C15H24N4O/c1-3-18-8-7-16-14(15(18)20)19(4-2)13-9-11-5-6-12(10-13)17-11/h7-8,11-13,17H,3-6,9-10H2,1-2H3. The third-order valence-corrected chi connectivity index (χ3v) is 4.74. The number of nitrogens with one attached hydrogen (secondary N) is 1. The van der Waals surface area contributed by atoms with Crippen LogP contribution in [0, 0.1) is 0 Å². The summed E-state index contributed by atoms with van der Waals surface area (Å²) in [5, 5.41) is 3.66. The molecule has 0 spiro atoms. The van der Waals surface area contributed by atoms with E-state index in [2.05, 4.69) is 22.1 Å². The van der Waals surface area contributed by atoms with Gasteiger partial charge in [0.1, 0.15) is 0 Å². The summed E-state index contributed by atoms with van der Waals surface area (Å²) in [7, 11) is 0. The third kappa shape index (κ3) is 2.35. The molecule has 0 aromatic carbocycles. The van der Waals surface area contributed by atoms with Crippen molar-refractivity contribution >= 4 is 5.82 Å². The Bertz CT molecular complexity index is 515. The third-order valence-electron chi connectivity index (χ3n) is 4.74. The van der Waals surface area contributed by atoms with Gasteiger partial charge in [0, 0.05) is 43.6 Å². The molecule has 2 unspecified atom stereocenters. The van der Waals surface area contributed by atoms with Crippen molar-refractivity contribution in [1.29, 1.82) is 0 Å². The molecule has 20 heavy (non-hydrogen) atoms. The van der Waals surface area contributed by atoms with Gasteiger partial charge in [0.2, 0.25) is 0 Å². The lowest BCUT2D eigenvalue weighted by molar-refractivity contribution is 0.347. The predicted molar refractivity (Wildman–Crippen MR) is 80.2 cm³/mol. The highest BCUT2D eigenvalue weighted by atomic mass is 16.1. The van der Waals surface area contributed by atoms with Crippen molar-refractivity contribution in [2.45, 2.75) is 64.2 Å². The van der Waals surface area contributed by atoms with Crippen LogP contribution in [0.3, 0.4) is 0 Å². The topological polar surface area (TPSA) is 50.2 Å². The predicted octanol–water partition coefficient (Wildman–Crippen LogP) is 1.37. The smallest absolute Gasteiger partial charge is 0.293 e. The number of fused-ring (bicyclic) bond motifs is 2. The van der Waals surface area contributed by atoms with E-state index in [0.29, 0.717) is 30.5 Å². The lowest BCUT2D eigenvalue weighted by Gasteiger charge is -2.37. The Kier molecular flexibility index (Phi) is 3.78. The first-order chi connectivity index (χ1) is 9.72. The van der Waals surface area contributed by atoms with Crippen LogP contribution in [0.4, 0.5) is 5.82 Å². The molecule has 2 aliphatic heterocycles. The first-order valence-corrected chi connectivity index (χ1v) is 7.81. The fourth-order valence-electron chi connectivity index (χ4n) is 3.74. The molecule has 2 bridgehead atoms. The zero-order valence-electron chi connectivity index (χ0n) is 12.4. The van der Waals surface area contributed by atoms with E-state index in [1.54, 1.807) is 17.0 Å². The van der Waals surface area contributed by atoms with Gasteiger partial charge in [-0.15, -0.1) is 0 Å². The maximum atomic E-state index is 12.5. The molecule has 1 aromatic heterocycles. The summed E-state index contributed by atoms with van der Waals surface area (Å²) in [4.78, 5) is 19.1. The molecule has 0 aliphatic carbocycles. The number of nitrogens with zero attached hydrogens (tertiary/aromatic N) is 3. The van der Waals surface area contributed by atoms with E-state index in [1.807, 2.05) is 6.92 Å². The highest BCUT2D eigenvalue weighted by molar-refractivity contribution is 5.37. The highest BCUT2D eigenvalue weighted by Gasteiger charge is 2.36. The van der Waals surface area contributed by atoms with Crippen LogP contribution in [0.25, 0.3) is 0 Å². The van der Waals surface area contributed by atoms with Crippen molar-refractivity contribution in [1.82, 2.24) is 14.9 Å². The molecule has 3 rings (SSSR count). The summed E-state index contributed by atoms with van der Waals surface area (Å²) in [5.41, 5.74) is 0.0442. The molecule has 2 atom stereocenters. The van der Waals surface area contributed by atoms with E-state index >= 15 is 0 Å². The zero-order valence-corrected chi connectivity index (χ0v) is 12.4. The van der Waals surface area contributed by atoms with Gasteiger partial charge in [-0.2, -0.15) is 0 Å². The van der Waals surface area contributed by atoms with Gasteiger partial charge in [-0.05, 0) is 39.5 Å². The number of rotatable bonds is 4. The molecule has 110 valence electrons. The van der Waals surface area contributed by atoms with E-state index in [1.165, 1.54) is 12.8 Å². The first kappa shape index (κ1) is 13.6. The molecule has 0 amide bonds. The first-order valence-electron chi connectivity index (χ1n) is 7.81. The van der Waals surface area contributed by atoms with E-state index < -0.39 is 0 Å². The van der Waals surface area contributed by atoms with E-state index in [4.69, 9.17) is 0 Å². The molecule has 2 aliphatic rings. The zero-order chi connectivity index (χ0) is 14.1. The van der Waals surface area contributed by atoms with Crippen LogP contribution < -0.4 is 15.8 Å². The van der Waals surface area contributed by atoms with Gasteiger partial charge in [0.05, 0.1) is 0 Å². The minimum absolute atomic E-state index is 0.0442. The Morgan fingerprint density at radius 3 is 2.65 bits per heavy atom. The van der Waals surface area contributed by atoms with Crippen molar-refractivity contribution in [2.24, 2.45) is 0 Å². The average molecular weight is 276 g/mol. The average Bonchev–Trinajstić information content (AvgIpc) is 2.80. The largest absolute Gasteiger partial charge is 0.349 e. The Labute approximate surface area is 120 Å². The summed E-state index contributed by atoms with van der Waals surface area (Å²) in [6.45, 7) is 5.66. The van der Waals surface area contributed by atoms with Gasteiger partial charge in [0.25, 0.3) is 5.56 Å². The molecular formula is C15H24N4O. The molecule has 1 aromatic rings. The van der Waals surface area contributed by atoms with Crippen LogP contribution >= 0.6 is 0 Å². The van der Waals surface area contributed by atoms with Crippen molar-refractivity contribution in [3.8, 4) is 0 Å². The number of hydrogen-bond donors (Lipinski definition) is 1. The highest BCUT2D eigenvalue weighted by Crippen LogP contribution is 2.30. The summed E-state index contributed by atoms with van der Waals surface area (Å²) in [6, 6.07) is 1.71. The second-order valence-electron chi connectivity index (χ2n) is 5.89. The summed E-state index contributed by atoms with van der Waals surface area (Å²) in [5.74, 6) is 0.628. The maximum absolute atomic E-state index is 12.5. The van der Waals surface area contributed by atoms with Crippen molar-refractivity contribution < 1.29 is 0 Å². The minimum atomic E-state index is 0.0442. The maximum Gasteiger partial charge on any atom is 0.293 e. The van der Waals surface area contributed by atoms with Gasteiger partial charge in [-0.3, -0.25) is 4.79 Å². The second-order valence-corrected chi connectivity index (χ2v) is 5.89. The van der Waals surface area contributed by atoms with E-state index in [9.17, 15) is 4.79 Å². The normalized spacial score (nSPS) is 28.6. The lowest BCUT2D eigenvalue weighted by Crippen LogP contribution is -2.50. The fourth-order valence-corrected chi connectivity index (χ4v) is 3.74.